The normalized spacial score (nSPS) is 26.3. The third kappa shape index (κ3) is 4.09. The summed E-state index contributed by atoms with van der Waals surface area (Å²) in [6.07, 6.45) is 1.16. The summed E-state index contributed by atoms with van der Waals surface area (Å²) in [5.41, 5.74) is -1.44. The summed E-state index contributed by atoms with van der Waals surface area (Å²) >= 11 is 0. The number of carbonyl (C=O) groups excluding carboxylic acids is 1. The van der Waals surface area contributed by atoms with E-state index in [2.05, 4.69) is 0 Å². The molecule has 0 aromatic rings. The van der Waals surface area contributed by atoms with E-state index in [0.717, 1.165) is 0 Å². The molecule has 0 bridgehead atoms. The molecule has 136 valence electrons. The monoisotopic (exact) mass is 348 g/mol. The molecule has 1 aliphatic carbocycles. The highest BCUT2D eigenvalue weighted by Crippen LogP contribution is 2.36. The molecule has 1 aliphatic heterocycles. The second kappa shape index (κ2) is 7.13. The molecule has 0 spiro atoms. The molecular weight excluding hydrogens is 325 g/mol. The van der Waals surface area contributed by atoms with Crippen molar-refractivity contribution in [3.8, 4) is 0 Å². The molecule has 0 aromatic heterocycles. The maximum atomic E-state index is 12.8. The Balaban J connectivity index is 1.99. The van der Waals surface area contributed by atoms with Gasteiger partial charge in [-0.1, -0.05) is 12.2 Å². The van der Waals surface area contributed by atoms with E-state index in [-0.39, 0.29) is 32.0 Å². The lowest BCUT2D eigenvalue weighted by atomic mass is 9.75. The molecule has 24 heavy (non-hydrogen) atoms. The Labute approximate surface area is 139 Å². The molecule has 1 saturated heterocycles. The van der Waals surface area contributed by atoms with Crippen LogP contribution in [0.4, 0.5) is 13.2 Å². The van der Waals surface area contributed by atoms with Crippen LogP contribution in [0, 0.1) is 5.41 Å². The van der Waals surface area contributed by atoms with E-state index in [0.29, 0.717) is 19.3 Å². The third-order valence-corrected chi connectivity index (χ3v) is 5.02. The summed E-state index contributed by atoms with van der Waals surface area (Å²) in [5.74, 6) is -1.56. The number of hydrogen-bond acceptors (Lipinski definition) is 3. The largest absolute Gasteiger partial charge is 0.480 e. The molecule has 1 fully saturated rings. The van der Waals surface area contributed by atoms with Crippen LogP contribution in [0.2, 0.25) is 0 Å². The maximum absolute atomic E-state index is 12.8. The van der Waals surface area contributed by atoms with E-state index in [1.54, 1.807) is 13.1 Å². The molecule has 8 heteroatoms. The van der Waals surface area contributed by atoms with Crippen LogP contribution in [0.15, 0.2) is 12.2 Å². The summed E-state index contributed by atoms with van der Waals surface area (Å²) < 4.78 is 37.3. The molecule has 1 atom stereocenters. The first-order valence-electron chi connectivity index (χ1n) is 8.10. The average molecular weight is 348 g/mol. The topological polar surface area (TPSA) is 60.9 Å². The van der Waals surface area contributed by atoms with Crippen molar-refractivity contribution < 1.29 is 27.9 Å². The highest BCUT2D eigenvalue weighted by Gasteiger charge is 2.48. The van der Waals surface area contributed by atoms with Gasteiger partial charge in [-0.25, -0.2) is 0 Å². The minimum absolute atomic E-state index is 0.165. The fourth-order valence-electron chi connectivity index (χ4n) is 3.54. The highest BCUT2D eigenvalue weighted by atomic mass is 19.4. The van der Waals surface area contributed by atoms with E-state index in [9.17, 15) is 27.9 Å². The number of rotatable bonds is 4. The lowest BCUT2D eigenvalue weighted by Gasteiger charge is -2.40. The van der Waals surface area contributed by atoms with Crippen LogP contribution in [-0.2, 0) is 9.59 Å². The van der Waals surface area contributed by atoms with E-state index < -0.39 is 30.0 Å². The van der Waals surface area contributed by atoms with Crippen molar-refractivity contribution in [2.24, 2.45) is 5.41 Å². The van der Waals surface area contributed by atoms with Gasteiger partial charge in [-0.05, 0) is 32.1 Å². The second-order valence-electron chi connectivity index (χ2n) is 6.64. The zero-order valence-corrected chi connectivity index (χ0v) is 13.7. The third-order valence-electron chi connectivity index (χ3n) is 5.02. The number of alkyl halides is 3. The molecule has 0 saturated carbocycles. The maximum Gasteiger partial charge on any atom is 0.401 e. The molecule has 1 N–H and O–H groups in total. The van der Waals surface area contributed by atoms with Crippen molar-refractivity contribution >= 4 is 11.9 Å². The van der Waals surface area contributed by atoms with Crippen LogP contribution < -0.4 is 0 Å². The van der Waals surface area contributed by atoms with Gasteiger partial charge in [0, 0.05) is 26.2 Å². The number of carboxylic acid groups (broad SMARTS) is 1. The smallest absolute Gasteiger partial charge is 0.401 e. The van der Waals surface area contributed by atoms with Gasteiger partial charge in [-0.15, -0.1) is 0 Å². The average Bonchev–Trinajstić information content (AvgIpc) is 2.53. The Morgan fingerprint density at radius 1 is 1.29 bits per heavy atom. The predicted molar refractivity (Wildman–Crippen MR) is 81.3 cm³/mol. The Morgan fingerprint density at radius 2 is 1.92 bits per heavy atom. The van der Waals surface area contributed by atoms with Gasteiger partial charge in [-0.3, -0.25) is 14.5 Å². The van der Waals surface area contributed by atoms with Gasteiger partial charge in [0.2, 0.25) is 5.91 Å². The molecular formula is C16H23F3N2O3. The Kier molecular flexibility index (Phi) is 5.57. The van der Waals surface area contributed by atoms with Gasteiger partial charge in [0.25, 0.3) is 0 Å². The lowest BCUT2D eigenvalue weighted by molar-refractivity contribution is -0.164. The van der Waals surface area contributed by atoms with Gasteiger partial charge >= 0.3 is 12.1 Å². The summed E-state index contributed by atoms with van der Waals surface area (Å²) in [5, 5.41) is 9.56. The zero-order chi connectivity index (χ0) is 18.0. The quantitative estimate of drug-likeness (QED) is 0.625. The molecule has 5 nitrogen and oxygen atoms in total. The van der Waals surface area contributed by atoms with Crippen molar-refractivity contribution in [3.05, 3.63) is 12.2 Å². The molecule has 1 unspecified atom stereocenters. The molecule has 0 aromatic carbocycles. The summed E-state index contributed by atoms with van der Waals surface area (Å²) in [6.45, 7) is -0.440. The Morgan fingerprint density at radius 3 is 2.38 bits per heavy atom. The molecule has 0 radical (unpaired) electrons. The van der Waals surface area contributed by atoms with Gasteiger partial charge in [0.15, 0.2) is 0 Å². The number of amides is 1. The predicted octanol–water partition coefficient (Wildman–Crippen LogP) is 2.28. The van der Waals surface area contributed by atoms with Gasteiger partial charge in [0.1, 0.15) is 5.41 Å². The van der Waals surface area contributed by atoms with Crippen molar-refractivity contribution in [1.29, 1.82) is 0 Å². The molecule has 2 aliphatic rings. The van der Waals surface area contributed by atoms with Crippen LogP contribution in [0.1, 0.15) is 32.1 Å². The fourth-order valence-corrected chi connectivity index (χ4v) is 3.54. The van der Waals surface area contributed by atoms with Crippen LogP contribution in [0.5, 0.6) is 0 Å². The summed E-state index contributed by atoms with van der Waals surface area (Å²) in [4.78, 5) is 27.3. The minimum Gasteiger partial charge on any atom is -0.480 e. The number of allylic oxidation sites excluding steroid dienone is 2. The van der Waals surface area contributed by atoms with Crippen LogP contribution in [0.25, 0.3) is 0 Å². The summed E-state index contributed by atoms with van der Waals surface area (Å²) in [7, 11) is 1.56. The SMILES string of the molecule is CN(C(=O)C1(C(=O)O)CC=CCC1)C1CCN(CC(F)(F)F)CC1. The highest BCUT2D eigenvalue weighted by molar-refractivity contribution is 6.02. The standard InChI is InChI=1S/C16H23F3N2O3/c1-20(12-5-9-21(10-6-12)11-16(17,18)19)13(22)15(14(23)24)7-3-2-4-8-15/h2-3,12H,4-11H2,1H3,(H,23,24). The second-order valence-corrected chi connectivity index (χ2v) is 6.64. The van der Waals surface area contributed by atoms with E-state index >= 15 is 0 Å². The van der Waals surface area contributed by atoms with E-state index in [4.69, 9.17) is 0 Å². The van der Waals surface area contributed by atoms with Crippen molar-refractivity contribution in [3.63, 3.8) is 0 Å². The van der Waals surface area contributed by atoms with E-state index in [1.165, 1.54) is 9.80 Å². The van der Waals surface area contributed by atoms with Crippen molar-refractivity contribution in [1.82, 2.24) is 9.80 Å². The van der Waals surface area contributed by atoms with Gasteiger partial charge in [-0.2, -0.15) is 13.2 Å². The minimum atomic E-state index is -4.23. The number of hydrogen-bond donors (Lipinski definition) is 1. The molecule has 1 amide bonds. The van der Waals surface area contributed by atoms with Crippen LogP contribution in [-0.4, -0.2) is 65.7 Å². The molecule has 2 rings (SSSR count). The summed E-state index contributed by atoms with van der Waals surface area (Å²) in [6, 6.07) is -0.218. The first-order valence-corrected chi connectivity index (χ1v) is 8.10. The Hall–Kier alpha value is -1.57. The Bertz CT molecular complexity index is 513. The number of halogens is 3. The number of carboxylic acids is 1. The van der Waals surface area contributed by atoms with Crippen molar-refractivity contribution in [2.45, 2.75) is 44.3 Å². The first kappa shape index (κ1) is 18.8. The van der Waals surface area contributed by atoms with Crippen molar-refractivity contribution in [2.75, 3.05) is 26.7 Å². The number of piperidine rings is 1. The number of carbonyl (C=O) groups is 2. The lowest BCUT2D eigenvalue weighted by Crippen LogP contribution is -2.54. The first-order chi connectivity index (χ1) is 11.2. The van der Waals surface area contributed by atoms with Crippen LogP contribution in [0.3, 0.4) is 0 Å². The number of nitrogens with zero attached hydrogens (tertiary/aromatic N) is 2. The van der Waals surface area contributed by atoms with Gasteiger partial charge in [0.05, 0.1) is 6.54 Å². The fraction of sp³-hybridized carbons (Fsp3) is 0.750. The molecule has 1 heterocycles. The van der Waals surface area contributed by atoms with E-state index in [1.807, 2.05) is 6.08 Å². The zero-order valence-electron chi connectivity index (χ0n) is 13.7. The number of aliphatic carboxylic acids is 1. The van der Waals surface area contributed by atoms with Crippen LogP contribution >= 0.6 is 0 Å². The number of likely N-dealkylation sites (tertiary alicyclic amines) is 1. The van der Waals surface area contributed by atoms with Gasteiger partial charge < -0.3 is 10.0 Å².